The third kappa shape index (κ3) is 8.47. The Morgan fingerprint density at radius 3 is 1.65 bits per heavy atom. The van der Waals surface area contributed by atoms with Gasteiger partial charge in [-0.3, -0.25) is 4.79 Å². The number of aliphatic hydroxyl groups excluding tert-OH is 12. The lowest BCUT2D eigenvalue weighted by atomic mass is 9.95. The van der Waals surface area contributed by atoms with E-state index in [2.05, 4.69) is 5.32 Å². The summed E-state index contributed by atoms with van der Waals surface area (Å²) in [6, 6.07) is -1.53. The van der Waals surface area contributed by atoms with Gasteiger partial charge in [0, 0.05) is 6.92 Å². The van der Waals surface area contributed by atoms with E-state index in [1.54, 1.807) is 0 Å². The number of carboxylic acids is 1. The molecule has 0 unspecified atom stereocenters. The Labute approximate surface area is 276 Å². The summed E-state index contributed by atoms with van der Waals surface area (Å²) in [5.74, 6) is -2.43. The number of carbonyl (C=O) groups is 2. The number of aliphatic hydroxyl groups is 12. The van der Waals surface area contributed by atoms with E-state index in [-0.39, 0.29) is 0 Å². The molecule has 0 aromatic rings. The van der Waals surface area contributed by atoms with Crippen LogP contribution in [0.3, 0.4) is 0 Å². The van der Waals surface area contributed by atoms with Gasteiger partial charge in [0.05, 0.1) is 19.8 Å². The van der Waals surface area contributed by atoms with E-state index in [0.29, 0.717) is 0 Å². The molecule has 20 atom stereocenters. The minimum Gasteiger partial charge on any atom is -0.479 e. The Bertz CT molecular complexity index is 1100. The Kier molecular flexibility index (Phi) is 13.6. The maximum Gasteiger partial charge on any atom is 0.335 e. The van der Waals surface area contributed by atoms with Crippen molar-refractivity contribution in [3.63, 3.8) is 0 Å². The van der Waals surface area contributed by atoms with E-state index in [9.17, 15) is 76.0 Å². The third-order valence-electron chi connectivity index (χ3n) is 8.55. The molecule has 4 fully saturated rings. The molecule has 4 aliphatic heterocycles. The summed E-state index contributed by atoms with van der Waals surface area (Å²) < 4.78 is 37.9. The Balaban J connectivity index is 1.48. The van der Waals surface area contributed by atoms with E-state index in [1.165, 1.54) is 0 Å². The van der Waals surface area contributed by atoms with Crippen LogP contribution in [0, 0.1) is 0 Å². The van der Waals surface area contributed by atoms with Crippen LogP contribution in [-0.4, -0.2) is 221 Å². The molecule has 23 heteroatoms. The first kappa shape index (κ1) is 40.0. The molecule has 1 amide bonds. The number of aliphatic carboxylic acids is 1. The maximum absolute atomic E-state index is 11.7. The molecule has 284 valence electrons. The molecule has 0 aromatic heterocycles. The molecule has 4 heterocycles. The molecular weight excluding hydrogens is 678 g/mol. The minimum atomic E-state index is -2.07. The van der Waals surface area contributed by atoms with Crippen LogP contribution >= 0.6 is 0 Å². The van der Waals surface area contributed by atoms with E-state index in [4.69, 9.17) is 33.2 Å². The Morgan fingerprint density at radius 1 is 0.592 bits per heavy atom. The number of hydrogen-bond donors (Lipinski definition) is 14. The van der Waals surface area contributed by atoms with Crippen LogP contribution in [-0.2, 0) is 42.7 Å². The van der Waals surface area contributed by atoms with E-state index in [0.717, 1.165) is 6.92 Å². The smallest absolute Gasteiger partial charge is 0.335 e. The van der Waals surface area contributed by atoms with Crippen molar-refractivity contribution < 1.29 is 109 Å². The SMILES string of the molecule is CC(=O)N[C@@H]1[C@@H](O)[C@H](O[C@@H]2O[C@H](CO)[C@H](O)[C@H](O)[C@H]2O)[C@@H](CO[C@@H]2O[C@H](CO)[C@@H](O[C@@H]3O[C@H](C(=O)O)[C@H](O)[C@H](O)[C@H]3O)[C@H](O)[C@H]2O)O[C@H]1O. The van der Waals surface area contributed by atoms with Crippen LogP contribution in [0.5, 0.6) is 0 Å². The van der Waals surface area contributed by atoms with Crippen molar-refractivity contribution >= 4 is 11.9 Å². The molecule has 0 bridgehead atoms. The topological polar surface area (TPSA) is 374 Å². The van der Waals surface area contributed by atoms with Crippen molar-refractivity contribution in [3.8, 4) is 0 Å². The molecule has 4 saturated heterocycles. The summed E-state index contributed by atoms with van der Waals surface area (Å²) in [5.41, 5.74) is 0. The van der Waals surface area contributed by atoms with Crippen LogP contribution in [0.25, 0.3) is 0 Å². The van der Waals surface area contributed by atoms with Crippen LogP contribution in [0.15, 0.2) is 0 Å². The molecule has 23 nitrogen and oxygen atoms in total. The van der Waals surface area contributed by atoms with Crippen molar-refractivity contribution in [2.24, 2.45) is 0 Å². The van der Waals surface area contributed by atoms with Crippen molar-refractivity contribution in [1.29, 1.82) is 0 Å². The number of hydrogen-bond acceptors (Lipinski definition) is 21. The zero-order chi connectivity index (χ0) is 36.5. The first-order valence-electron chi connectivity index (χ1n) is 15.1. The quantitative estimate of drug-likeness (QED) is 0.0941. The molecule has 0 radical (unpaired) electrons. The second kappa shape index (κ2) is 16.7. The summed E-state index contributed by atoms with van der Waals surface area (Å²) in [5, 5.41) is 135. The highest BCUT2D eigenvalue weighted by molar-refractivity contribution is 5.73. The summed E-state index contributed by atoms with van der Waals surface area (Å²) in [7, 11) is 0. The van der Waals surface area contributed by atoms with Gasteiger partial charge in [0.15, 0.2) is 31.3 Å². The number of ether oxygens (including phenoxy) is 7. The van der Waals surface area contributed by atoms with Crippen molar-refractivity contribution in [2.75, 3.05) is 19.8 Å². The van der Waals surface area contributed by atoms with Gasteiger partial charge in [0.2, 0.25) is 5.91 Å². The van der Waals surface area contributed by atoms with Crippen molar-refractivity contribution in [1.82, 2.24) is 5.32 Å². The predicted octanol–water partition coefficient (Wildman–Crippen LogP) is -9.51. The van der Waals surface area contributed by atoms with Gasteiger partial charge in [-0.2, -0.15) is 0 Å². The molecule has 0 aromatic carbocycles. The van der Waals surface area contributed by atoms with Gasteiger partial charge in [0.1, 0.15) is 91.5 Å². The molecule has 0 aliphatic carbocycles. The highest BCUT2D eigenvalue weighted by atomic mass is 16.8. The predicted molar refractivity (Wildman–Crippen MR) is 146 cm³/mol. The zero-order valence-corrected chi connectivity index (χ0v) is 25.7. The van der Waals surface area contributed by atoms with Crippen molar-refractivity contribution in [2.45, 2.75) is 130 Å². The Hall–Kier alpha value is -1.82. The fraction of sp³-hybridized carbons (Fsp3) is 0.923. The molecule has 14 N–H and O–H groups in total. The highest BCUT2D eigenvalue weighted by Crippen LogP contribution is 2.32. The molecule has 4 rings (SSSR count). The molecule has 49 heavy (non-hydrogen) atoms. The second-order valence-electron chi connectivity index (χ2n) is 12.0. The fourth-order valence-electron chi connectivity index (χ4n) is 5.83. The first-order valence-corrected chi connectivity index (χ1v) is 15.1. The summed E-state index contributed by atoms with van der Waals surface area (Å²) >= 11 is 0. The summed E-state index contributed by atoms with van der Waals surface area (Å²) in [4.78, 5) is 23.1. The number of rotatable bonds is 11. The highest BCUT2D eigenvalue weighted by Gasteiger charge is 2.54. The summed E-state index contributed by atoms with van der Waals surface area (Å²) in [6.07, 6.45) is -35.3. The standard InChI is InChI=1S/C26H43NO22/c1-5(30)27-9-11(32)20(48-25-16(37)12(33)10(31)6(2-28)45-25)8(44-23(9)42)4-43-24-18(39)15(36)19(7(3-29)46-24)47-26-17(38)13(34)14(35)21(49-26)22(40)41/h6-21,23-26,28-29,31-39,42H,2-4H2,1H3,(H,27,30)(H,40,41)/t6-,7-,8-,9-,10+,11-,12+,13+,14-,15-,16-,17-,18-,19-,20-,21+,23-,24-,25+,26-/m1/s1. The van der Waals surface area contributed by atoms with Gasteiger partial charge < -0.3 is 105 Å². The molecule has 0 spiro atoms. The number of amides is 1. The molecule has 0 saturated carbocycles. The van der Waals surface area contributed by atoms with Crippen molar-refractivity contribution in [3.05, 3.63) is 0 Å². The van der Waals surface area contributed by atoms with E-state index in [1.807, 2.05) is 0 Å². The van der Waals surface area contributed by atoms with Gasteiger partial charge in [0.25, 0.3) is 0 Å². The fourth-order valence-corrected chi connectivity index (χ4v) is 5.83. The molecular formula is C26H43NO22. The lowest BCUT2D eigenvalue weighted by Crippen LogP contribution is -2.67. The Morgan fingerprint density at radius 2 is 1.10 bits per heavy atom. The van der Waals surface area contributed by atoms with E-state index < -0.39 is 154 Å². The lowest BCUT2D eigenvalue weighted by molar-refractivity contribution is -0.366. The zero-order valence-electron chi connectivity index (χ0n) is 25.7. The van der Waals surface area contributed by atoms with Gasteiger partial charge in [-0.25, -0.2) is 4.79 Å². The van der Waals surface area contributed by atoms with Crippen LogP contribution in [0.1, 0.15) is 6.92 Å². The van der Waals surface area contributed by atoms with Crippen LogP contribution < -0.4 is 5.32 Å². The van der Waals surface area contributed by atoms with Gasteiger partial charge in [-0.15, -0.1) is 0 Å². The van der Waals surface area contributed by atoms with Gasteiger partial charge >= 0.3 is 5.97 Å². The molecule has 4 aliphatic rings. The first-order chi connectivity index (χ1) is 23.0. The largest absolute Gasteiger partial charge is 0.479 e. The van der Waals surface area contributed by atoms with Gasteiger partial charge in [-0.05, 0) is 0 Å². The lowest BCUT2D eigenvalue weighted by Gasteiger charge is -2.47. The normalized spacial score (nSPS) is 49.3. The average Bonchev–Trinajstić information content (AvgIpc) is 3.05. The minimum absolute atomic E-state index is 0.706. The average molecular weight is 722 g/mol. The second-order valence-corrected chi connectivity index (χ2v) is 12.0. The van der Waals surface area contributed by atoms with Gasteiger partial charge in [-0.1, -0.05) is 0 Å². The maximum atomic E-state index is 11.7. The third-order valence-corrected chi connectivity index (χ3v) is 8.55. The summed E-state index contributed by atoms with van der Waals surface area (Å²) in [6.45, 7) is -1.46. The monoisotopic (exact) mass is 721 g/mol. The number of carboxylic acid groups (broad SMARTS) is 1. The van der Waals surface area contributed by atoms with Crippen LogP contribution in [0.2, 0.25) is 0 Å². The van der Waals surface area contributed by atoms with Crippen LogP contribution in [0.4, 0.5) is 0 Å². The number of carbonyl (C=O) groups excluding carboxylic acids is 1. The number of nitrogens with one attached hydrogen (secondary N) is 1. The van der Waals surface area contributed by atoms with E-state index >= 15 is 0 Å².